The number of anilines is 1. The van der Waals surface area contributed by atoms with Gasteiger partial charge in [0.2, 0.25) is 5.82 Å². The van der Waals surface area contributed by atoms with Crippen LogP contribution in [0.5, 0.6) is 0 Å². The third kappa shape index (κ3) is 2.21. The molecule has 0 aromatic carbocycles. The van der Waals surface area contributed by atoms with E-state index in [0.717, 1.165) is 5.82 Å². The largest absolute Gasteiger partial charge is 0.372 e. The van der Waals surface area contributed by atoms with E-state index in [9.17, 15) is 10.1 Å². The lowest BCUT2D eigenvalue weighted by molar-refractivity contribution is -0.389. The van der Waals surface area contributed by atoms with Crippen molar-refractivity contribution in [3.05, 3.63) is 33.8 Å². The third-order valence-electron chi connectivity index (χ3n) is 3.64. The van der Waals surface area contributed by atoms with Gasteiger partial charge in [-0.1, -0.05) is 11.3 Å². The Morgan fingerprint density at radius 2 is 2.36 bits per heavy atom. The molecule has 22 heavy (non-hydrogen) atoms. The smallest absolute Gasteiger partial charge is 0.362 e. The van der Waals surface area contributed by atoms with E-state index in [2.05, 4.69) is 25.1 Å². The molecule has 1 aliphatic rings. The molecular weight excluding hydrogens is 306 g/mol. The van der Waals surface area contributed by atoms with Crippen molar-refractivity contribution in [2.75, 3.05) is 11.9 Å². The third-order valence-corrected chi connectivity index (χ3v) is 4.40. The van der Waals surface area contributed by atoms with Crippen molar-refractivity contribution in [1.82, 2.24) is 24.1 Å². The van der Waals surface area contributed by atoms with Crippen LogP contribution < -0.4 is 5.32 Å². The van der Waals surface area contributed by atoms with E-state index in [1.54, 1.807) is 17.9 Å². The molecule has 3 aromatic rings. The highest BCUT2D eigenvalue weighted by molar-refractivity contribution is 7.15. The maximum atomic E-state index is 11.2. The Bertz CT molecular complexity index is 832. The Hall–Kier alpha value is -2.49. The molecule has 0 amide bonds. The lowest BCUT2D eigenvalue weighted by Gasteiger charge is -2.05. The maximum Gasteiger partial charge on any atom is 0.372 e. The summed E-state index contributed by atoms with van der Waals surface area (Å²) in [5, 5.41) is 24.1. The van der Waals surface area contributed by atoms with Gasteiger partial charge in [-0.25, -0.2) is 0 Å². The number of imidazole rings is 1. The van der Waals surface area contributed by atoms with Crippen LogP contribution >= 0.6 is 11.3 Å². The Morgan fingerprint density at radius 1 is 1.50 bits per heavy atom. The van der Waals surface area contributed by atoms with Crippen LogP contribution in [0, 0.1) is 10.1 Å². The zero-order valence-electron chi connectivity index (χ0n) is 11.5. The van der Waals surface area contributed by atoms with Crippen LogP contribution in [0.15, 0.2) is 17.9 Å². The van der Waals surface area contributed by atoms with Crippen molar-refractivity contribution in [2.24, 2.45) is 0 Å². The molecule has 10 heteroatoms. The summed E-state index contributed by atoms with van der Waals surface area (Å²) in [4.78, 5) is 15.7. The van der Waals surface area contributed by atoms with E-state index in [0.29, 0.717) is 29.8 Å². The van der Waals surface area contributed by atoms with E-state index < -0.39 is 4.92 Å². The molecule has 0 aliphatic heterocycles. The van der Waals surface area contributed by atoms with Gasteiger partial charge in [0.05, 0.1) is 0 Å². The highest BCUT2D eigenvalue weighted by Crippen LogP contribution is 2.35. The molecule has 0 unspecified atom stereocenters. The normalized spacial score (nSPS) is 14.5. The van der Waals surface area contributed by atoms with E-state index in [1.165, 1.54) is 28.6 Å². The monoisotopic (exact) mass is 319 g/mol. The van der Waals surface area contributed by atoms with E-state index >= 15 is 0 Å². The molecule has 0 spiro atoms. The molecule has 3 heterocycles. The fourth-order valence-corrected chi connectivity index (χ4v) is 3.17. The van der Waals surface area contributed by atoms with Crippen LogP contribution in [-0.2, 0) is 6.42 Å². The van der Waals surface area contributed by atoms with Crippen molar-refractivity contribution < 1.29 is 4.92 Å². The highest BCUT2D eigenvalue weighted by Gasteiger charge is 2.26. The van der Waals surface area contributed by atoms with Crippen LogP contribution in [0.1, 0.15) is 24.7 Å². The molecule has 3 aromatic heterocycles. The van der Waals surface area contributed by atoms with Crippen LogP contribution in [0.3, 0.4) is 0 Å². The minimum absolute atomic E-state index is 0.0279. The SMILES string of the molecule is O=[N+]([O-])c1c(NCCc2nncn2C2CC2)nc2sccn12. The average Bonchev–Trinajstić information content (AvgIpc) is 2.92. The zero-order valence-corrected chi connectivity index (χ0v) is 12.4. The topological polar surface area (TPSA) is 103 Å². The molecule has 1 saturated carbocycles. The van der Waals surface area contributed by atoms with Crippen molar-refractivity contribution in [3.63, 3.8) is 0 Å². The molecule has 0 bridgehead atoms. The molecule has 1 aliphatic carbocycles. The summed E-state index contributed by atoms with van der Waals surface area (Å²) in [5.74, 6) is 1.17. The van der Waals surface area contributed by atoms with Crippen LogP contribution in [-0.4, -0.2) is 35.6 Å². The summed E-state index contributed by atoms with van der Waals surface area (Å²) in [6, 6.07) is 0.525. The first-order chi connectivity index (χ1) is 10.7. The molecule has 114 valence electrons. The Balaban J connectivity index is 1.49. The quantitative estimate of drug-likeness (QED) is 0.549. The Labute approximate surface area is 128 Å². The lowest BCUT2D eigenvalue weighted by atomic mass is 10.4. The number of aromatic nitrogens is 5. The number of fused-ring (bicyclic) bond motifs is 1. The average molecular weight is 319 g/mol. The summed E-state index contributed by atoms with van der Waals surface area (Å²) in [6.07, 6.45) is 6.39. The summed E-state index contributed by atoms with van der Waals surface area (Å²) >= 11 is 1.37. The molecule has 4 rings (SSSR count). The van der Waals surface area contributed by atoms with Gasteiger partial charge in [-0.05, 0) is 17.8 Å². The predicted octanol–water partition coefficient (Wildman–Crippen LogP) is 1.88. The minimum Gasteiger partial charge on any atom is -0.362 e. The molecule has 0 radical (unpaired) electrons. The lowest BCUT2D eigenvalue weighted by Crippen LogP contribution is -2.11. The second-order valence-corrected chi connectivity index (χ2v) is 6.03. The maximum absolute atomic E-state index is 11.2. The molecule has 9 nitrogen and oxygen atoms in total. The fraction of sp³-hybridized carbons (Fsp3) is 0.417. The van der Waals surface area contributed by atoms with Gasteiger partial charge in [0.25, 0.3) is 4.96 Å². The minimum atomic E-state index is -0.415. The second kappa shape index (κ2) is 5.05. The summed E-state index contributed by atoms with van der Waals surface area (Å²) in [6.45, 7) is 0.525. The van der Waals surface area contributed by atoms with Gasteiger partial charge < -0.3 is 20.0 Å². The van der Waals surface area contributed by atoms with Crippen molar-refractivity contribution in [2.45, 2.75) is 25.3 Å². The first kappa shape index (κ1) is 13.2. The van der Waals surface area contributed by atoms with Crippen molar-refractivity contribution in [3.8, 4) is 0 Å². The number of nitrogens with zero attached hydrogens (tertiary/aromatic N) is 6. The summed E-state index contributed by atoms with van der Waals surface area (Å²) in [5.41, 5.74) is 0. The molecular formula is C12H13N7O2S. The van der Waals surface area contributed by atoms with Gasteiger partial charge in [0.1, 0.15) is 18.3 Å². The second-order valence-electron chi connectivity index (χ2n) is 5.16. The number of nitrogens with one attached hydrogen (secondary N) is 1. The molecule has 1 N–H and O–H groups in total. The summed E-state index contributed by atoms with van der Waals surface area (Å²) in [7, 11) is 0. The van der Waals surface area contributed by atoms with E-state index in [-0.39, 0.29) is 5.82 Å². The Kier molecular flexibility index (Phi) is 3.03. The van der Waals surface area contributed by atoms with E-state index in [1.807, 2.05) is 0 Å². The van der Waals surface area contributed by atoms with Gasteiger partial charge in [-0.15, -0.1) is 10.2 Å². The number of thiazole rings is 1. The zero-order chi connectivity index (χ0) is 15.1. The van der Waals surface area contributed by atoms with Crippen LogP contribution in [0.4, 0.5) is 11.6 Å². The fourth-order valence-electron chi connectivity index (χ4n) is 2.46. The Morgan fingerprint density at radius 3 is 3.14 bits per heavy atom. The van der Waals surface area contributed by atoms with Crippen LogP contribution in [0.25, 0.3) is 4.96 Å². The van der Waals surface area contributed by atoms with Crippen molar-refractivity contribution in [1.29, 1.82) is 0 Å². The number of hydrogen-bond acceptors (Lipinski definition) is 7. The van der Waals surface area contributed by atoms with E-state index in [4.69, 9.17) is 0 Å². The first-order valence-electron chi connectivity index (χ1n) is 6.96. The van der Waals surface area contributed by atoms with Gasteiger partial charge in [0.15, 0.2) is 0 Å². The molecule has 0 atom stereocenters. The van der Waals surface area contributed by atoms with Gasteiger partial charge in [-0.2, -0.15) is 9.38 Å². The predicted molar refractivity (Wildman–Crippen MR) is 80.2 cm³/mol. The van der Waals surface area contributed by atoms with Crippen molar-refractivity contribution >= 4 is 27.9 Å². The molecule has 1 fully saturated rings. The number of rotatable bonds is 6. The highest BCUT2D eigenvalue weighted by atomic mass is 32.1. The van der Waals surface area contributed by atoms with Gasteiger partial charge >= 0.3 is 5.82 Å². The van der Waals surface area contributed by atoms with Crippen LogP contribution in [0.2, 0.25) is 0 Å². The number of hydrogen-bond donors (Lipinski definition) is 1. The van der Waals surface area contributed by atoms with Gasteiger partial charge in [0, 0.05) is 24.4 Å². The summed E-state index contributed by atoms with van der Waals surface area (Å²) < 4.78 is 3.57. The first-order valence-corrected chi connectivity index (χ1v) is 7.84. The standard InChI is InChI=1S/C12H13N7O2S/c20-19(21)11-10(15-12-17(11)5-6-22-12)13-4-3-9-16-14-7-18(9)8-1-2-8/h5-8,13H,1-4H2. The molecule has 0 saturated heterocycles. The number of nitro groups is 1. The van der Waals surface area contributed by atoms with Gasteiger partial charge in [-0.3, -0.25) is 0 Å².